The van der Waals surface area contributed by atoms with E-state index >= 15 is 0 Å². The third kappa shape index (κ3) is 3.26. The summed E-state index contributed by atoms with van der Waals surface area (Å²) in [4.78, 5) is 0. The Kier molecular flexibility index (Phi) is 4.42. The molecule has 0 bridgehead atoms. The molecule has 0 radical (unpaired) electrons. The van der Waals surface area contributed by atoms with Crippen molar-refractivity contribution < 1.29 is 9.47 Å². The van der Waals surface area contributed by atoms with Gasteiger partial charge in [-0.05, 0) is 19.1 Å². The van der Waals surface area contributed by atoms with E-state index < -0.39 is 0 Å². The molecular formula is C16H19NO2. The zero-order chi connectivity index (χ0) is 13.7. The number of methoxy groups -OCH3 is 1. The largest absolute Gasteiger partial charge is 0.496 e. The first-order chi connectivity index (χ1) is 9.22. The van der Waals surface area contributed by atoms with Gasteiger partial charge in [0.15, 0.2) is 0 Å². The molecule has 0 aliphatic rings. The van der Waals surface area contributed by atoms with Crippen LogP contribution in [0.4, 0.5) is 0 Å². The number of benzene rings is 2. The van der Waals surface area contributed by atoms with E-state index in [1.54, 1.807) is 7.11 Å². The van der Waals surface area contributed by atoms with Gasteiger partial charge in [-0.2, -0.15) is 0 Å². The molecule has 1 atom stereocenters. The van der Waals surface area contributed by atoms with E-state index in [4.69, 9.17) is 15.2 Å². The summed E-state index contributed by atoms with van der Waals surface area (Å²) in [5.74, 6) is 1.66. The summed E-state index contributed by atoms with van der Waals surface area (Å²) >= 11 is 0. The molecule has 0 aliphatic heterocycles. The van der Waals surface area contributed by atoms with Gasteiger partial charge in [-0.3, -0.25) is 0 Å². The number of ether oxygens (including phenoxy) is 2. The molecule has 2 aromatic carbocycles. The van der Waals surface area contributed by atoms with E-state index in [2.05, 4.69) is 0 Å². The van der Waals surface area contributed by atoms with Gasteiger partial charge >= 0.3 is 0 Å². The van der Waals surface area contributed by atoms with Crippen molar-refractivity contribution in [3.8, 4) is 11.5 Å². The Hall–Kier alpha value is -2.00. The molecule has 0 heterocycles. The summed E-state index contributed by atoms with van der Waals surface area (Å²) in [6.07, 6.45) is 0. The third-order valence-electron chi connectivity index (χ3n) is 2.99. The average Bonchev–Trinajstić information content (AvgIpc) is 2.45. The molecule has 100 valence electrons. The van der Waals surface area contributed by atoms with E-state index in [-0.39, 0.29) is 6.04 Å². The van der Waals surface area contributed by atoms with Crippen LogP contribution < -0.4 is 15.2 Å². The van der Waals surface area contributed by atoms with E-state index in [1.165, 1.54) is 0 Å². The summed E-state index contributed by atoms with van der Waals surface area (Å²) in [7, 11) is 1.66. The fraction of sp³-hybridized carbons (Fsp3) is 0.250. The number of hydrogen-bond donors (Lipinski definition) is 1. The maximum atomic E-state index is 5.93. The van der Waals surface area contributed by atoms with Gasteiger partial charge in [0.05, 0.1) is 7.11 Å². The van der Waals surface area contributed by atoms with Gasteiger partial charge in [0.2, 0.25) is 0 Å². The Morgan fingerprint density at radius 3 is 2.32 bits per heavy atom. The normalized spacial score (nSPS) is 11.9. The molecule has 2 rings (SSSR count). The third-order valence-corrected chi connectivity index (χ3v) is 2.99. The van der Waals surface area contributed by atoms with Crippen LogP contribution in [0.5, 0.6) is 11.5 Å². The summed E-state index contributed by atoms with van der Waals surface area (Å²) in [5, 5.41) is 0. The van der Waals surface area contributed by atoms with Crippen LogP contribution in [0.3, 0.4) is 0 Å². The second-order valence-corrected chi connectivity index (χ2v) is 4.43. The zero-order valence-electron chi connectivity index (χ0n) is 11.3. The highest BCUT2D eigenvalue weighted by Crippen LogP contribution is 2.25. The fourth-order valence-corrected chi connectivity index (χ4v) is 1.97. The van der Waals surface area contributed by atoms with Crippen LogP contribution in [0.2, 0.25) is 0 Å². The van der Waals surface area contributed by atoms with Crippen LogP contribution in [0, 0.1) is 0 Å². The summed E-state index contributed by atoms with van der Waals surface area (Å²) in [6, 6.07) is 15.6. The molecule has 3 nitrogen and oxygen atoms in total. The van der Waals surface area contributed by atoms with Crippen molar-refractivity contribution in [3.05, 3.63) is 59.7 Å². The van der Waals surface area contributed by atoms with Gasteiger partial charge in [0.25, 0.3) is 0 Å². The maximum Gasteiger partial charge on any atom is 0.125 e. The fourth-order valence-electron chi connectivity index (χ4n) is 1.97. The van der Waals surface area contributed by atoms with Crippen molar-refractivity contribution in [1.29, 1.82) is 0 Å². The van der Waals surface area contributed by atoms with Crippen molar-refractivity contribution >= 4 is 0 Å². The van der Waals surface area contributed by atoms with E-state index in [0.717, 1.165) is 22.6 Å². The van der Waals surface area contributed by atoms with Crippen LogP contribution in [-0.4, -0.2) is 7.11 Å². The minimum Gasteiger partial charge on any atom is -0.496 e. The van der Waals surface area contributed by atoms with Gasteiger partial charge in [-0.1, -0.05) is 36.4 Å². The summed E-state index contributed by atoms with van der Waals surface area (Å²) in [6.45, 7) is 2.42. The second-order valence-electron chi connectivity index (χ2n) is 4.43. The molecule has 0 saturated carbocycles. The number of hydrogen-bond acceptors (Lipinski definition) is 3. The molecule has 0 fully saturated rings. The van der Waals surface area contributed by atoms with Crippen molar-refractivity contribution in [3.63, 3.8) is 0 Å². The predicted molar refractivity (Wildman–Crippen MR) is 76.4 cm³/mol. The van der Waals surface area contributed by atoms with E-state index in [9.17, 15) is 0 Å². The smallest absolute Gasteiger partial charge is 0.125 e. The molecule has 2 aromatic rings. The lowest BCUT2D eigenvalue weighted by Crippen LogP contribution is -2.08. The summed E-state index contributed by atoms with van der Waals surface area (Å²) in [5.41, 5.74) is 7.96. The van der Waals surface area contributed by atoms with Gasteiger partial charge in [-0.25, -0.2) is 0 Å². The molecule has 0 spiro atoms. The zero-order valence-corrected chi connectivity index (χ0v) is 11.3. The SMILES string of the molecule is COc1ccccc1COc1ccccc1[C@@H](C)N. The first kappa shape index (κ1) is 13.4. The average molecular weight is 257 g/mol. The molecule has 0 saturated heterocycles. The van der Waals surface area contributed by atoms with Crippen LogP contribution in [0.1, 0.15) is 24.1 Å². The number of para-hydroxylation sites is 2. The van der Waals surface area contributed by atoms with Crippen LogP contribution in [-0.2, 0) is 6.61 Å². The van der Waals surface area contributed by atoms with Crippen molar-refractivity contribution in [2.24, 2.45) is 5.73 Å². The van der Waals surface area contributed by atoms with Gasteiger partial charge in [0.1, 0.15) is 18.1 Å². The molecule has 3 heteroatoms. The van der Waals surface area contributed by atoms with Gasteiger partial charge in [-0.15, -0.1) is 0 Å². The maximum absolute atomic E-state index is 5.93. The highest BCUT2D eigenvalue weighted by molar-refractivity contribution is 5.37. The Morgan fingerprint density at radius 1 is 1.00 bits per heavy atom. The highest BCUT2D eigenvalue weighted by atomic mass is 16.5. The molecule has 0 aliphatic carbocycles. The molecule has 19 heavy (non-hydrogen) atoms. The molecule has 0 amide bonds. The Bertz CT molecular complexity index is 538. The number of nitrogens with two attached hydrogens (primary N) is 1. The standard InChI is InChI=1S/C16H19NO2/c1-12(17)14-8-4-6-10-16(14)19-11-13-7-3-5-9-15(13)18-2/h3-10,12H,11,17H2,1-2H3/t12-/m1/s1. The molecule has 2 N–H and O–H groups in total. The van der Waals surface area contributed by atoms with E-state index in [0.29, 0.717) is 6.61 Å². The lowest BCUT2D eigenvalue weighted by atomic mass is 10.1. The van der Waals surface area contributed by atoms with Gasteiger partial charge < -0.3 is 15.2 Å². The lowest BCUT2D eigenvalue weighted by molar-refractivity contribution is 0.292. The van der Waals surface area contributed by atoms with Crippen molar-refractivity contribution in [2.75, 3.05) is 7.11 Å². The minimum absolute atomic E-state index is 0.0473. The first-order valence-electron chi connectivity index (χ1n) is 6.31. The van der Waals surface area contributed by atoms with Crippen LogP contribution >= 0.6 is 0 Å². The minimum atomic E-state index is -0.0473. The van der Waals surface area contributed by atoms with E-state index in [1.807, 2.05) is 55.5 Å². The Morgan fingerprint density at radius 2 is 1.63 bits per heavy atom. The van der Waals surface area contributed by atoms with Crippen LogP contribution in [0.15, 0.2) is 48.5 Å². The first-order valence-corrected chi connectivity index (χ1v) is 6.31. The van der Waals surface area contributed by atoms with Crippen molar-refractivity contribution in [1.82, 2.24) is 0 Å². The predicted octanol–water partition coefficient (Wildman–Crippen LogP) is 3.29. The molecular weight excluding hydrogens is 238 g/mol. The highest BCUT2D eigenvalue weighted by Gasteiger charge is 2.08. The quantitative estimate of drug-likeness (QED) is 0.893. The number of rotatable bonds is 5. The molecule has 0 unspecified atom stereocenters. The Balaban J connectivity index is 2.15. The van der Waals surface area contributed by atoms with Crippen LogP contribution in [0.25, 0.3) is 0 Å². The monoisotopic (exact) mass is 257 g/mol. The summed E-state index contributed by atoms with van der Waals surface area (Å²) < 4.78 is 11.2. The Labute approximate surface area is 114 Å². The lowest BCUT2D eigenvalue weighted by Gasteiger charge is -2.15. The second kappa shape index (κ2) is 6.25. The topological polar surface area (TPSA) is 44.5 Å². The molecule has 0 aromatic heterocycles. The van der Waals surface area contributed by atoms with Gasteiger partial charge in [0, 0.05) is 17.2 Å². The van der Waals surface area contributed by atoms with Crippen molar-refractivity contribution in [2.45, 2.75) is 19.6 Å².